The molecule has 0 heterocycles. The summed E-state index contributed by atoms with van der Waals surface area (Å²) in [5.41, 5.74) is 6.99. The van der Waals surface area contributed by atoms with Crippen molar-refractivity contribution in [2.45, 2.75) is 26.3 Å². The summed E-state index contributed by atoms with van der Waals surface area (Å²) >= 11 is 5.93. The number of benzene rings is 1. The van der Waals surface area contributed by atoms with Gasteiger partial charge in [-0.15, -0.1) is 0 Å². The van der Waals surface area contributed by atoms with E-state index in [0.717, 1.165) is 11.1 Å². The Morgan fingerprint density at radius 1 is 1.26 bits per heavy atom. The summed E-state index contributed by atoms with van der Waals surface area (Å²) in [7, 11) is 0. The van der Waals surface area contributed by atoms with Crippen LogP contribution < -0.4 is 16.4 Å². The van der Waals surface area contributed by atoms with Gasteiger partial charge < -0.3 is 16.4 Å². The first-order valence-corrected chi connectivity index (χ1v) is 6.48. The molecule has 4 N–H and O–H groups in total. The average Bonchev–Trinajstić information content (AvgIpc) is 2.35. The fraction of sp³-hybridized carbons (Fsp3) is 0.385. The van der Waals surface area contributed by atoms with Crippen molar-refractivity contribution in [3.63, 3.8) is 0 Å². The molecule has 6 heteroatoms. The van der Waals surface area contributed by atoms with Crippen molar-refractivity contribution in [1.29, 1.82) is 0 Å². The lowest BCUT2D eigenvalue weighted by molar-refractivity contribution is -0.117. The van der Waals surface area contributed by atoms with Crippen molar-refractivity contribution in [1.82, 2.24) is 10.6 Å². The number of carbonyl (C=O) groups excluding carboxylic acids is 2. The van der Waals surface area contributed by atoms with E-state index in [0.29, 0.717) is 24.5 Å². The van der Waals surface area contributed by atoms with Crippen LogP contribution in [0.1, 0.15) is 24.5 Å². The Morgan fingerprint density at radius 3 is 2.63 bits per heavy atom. The van der Waals surface area contributed by atoms with Crippen molar-refractivity contribution in [2.24, 2.45) is 5.73 Å². The number of primary amides is 1. The number of nitrogens with two attached hydrogens (primary N) is 1. The highest BCUT2D eigenvalue weighted by atomic mass is 35.5. The molecule has 0 bridgehead atoms. The summed E-state index contributed by atoms with van der Waals surface area (Å²) in [5, 5.41) is 5.98. The van der Waals surface area contributed by atoms with Gasteiger partial charge in [-0.1, -0.05) is 17.7 Å². The van der Waals surface area contributed by atoms with Crippen LogP contribution in [0.5, 0.6) is 0 Å². The second-order valence-corrected chi connectivity index (χ2v) is 4.53. The molecule has 0 atom stereocenters. The highest BCUT2D eigenvalue weighted by Gasteiger charge is 2.07. The molecule has 0 aromatic heterocycles. The topological polar surface area (TPSA) is 84.2 Å². The van der Waals surface area contributed by atoms with Crippen LogP contribution in [0.15, 0.2) is 18.2 Å². The van der Waals surface area contributed by atoms with Gasteiger partial charge >= 0.3 is 6.03 Å². The van der Waals surface area contributed by atoms with Crippen molar-refractivity contribution in [3.05, 3.63) is 34.3 Å². The molecule has 0 aliphatic rings. The molecule has 0 aliphatic heterocycles. The van der Waals surface area contributed by atoms with Gasteiger partial charge in [0.1, 0.15) is 0 Å². The Hall–Kier alpha value is -1.75. The van der Waals surface area contributed by atoms with Gasteiger partial charge in [0.05, 0.1) is 0 Å². The minimum absolute atomic E-state index is 0.224. The molecule has 5 nitrogen and oxygen atoms in total. The number of nitrogens with one attached hydrogen (secondary N) is 2. The molecule has 19 heavy (non-hydrogen) atoms. The monoisotopic (exact) mass is 283 g/mol. The first-order valence-electron chi connectivity index (χ1n) is 6.10. The van der Waals surface area contributed by atoms with E-state index in [1.807, 2.05) is 13.0 Å². The first-order chi connectivity index (χ1) is 9.02. The van der Waals surface area contributed by atoms with Crippen molar-refractivity contribution in [2.75, 3.05) is 6.54 Å². The minimum Gasteiger partial charge on any atom is -0.370 e. The first kappa shape index (κ1) is 15.3. The number of halogens is 1. The summed E-state index contributed by atoms with van der Waals surface area (Å²) < 4.78 is 0. The van der Waals surface area contributed by atoms with Crippen LogP contribution in [0.3, 0.4) is 0 Å². The molecule has 0 aliphatic carbocycles. The molecule has 0 saturated heterocycles. The molecule has 0 saturated carbocycles. The lowest BCUT2D eigenvalue weighted by atomic mass is 10.0. The molecule has 0 fully saturated rings. The predicted molar refractivity (Wildman–Crippen MR) is 74.9 cm³/mol. The number of hydrogen-bond acceptors (Lipinski definition) is 2. The SMILES string of the molecule is CCNC(=O)NCc1ccc(Cl)cc1CCC(N)=O. The normalized spacial score (nSPS) is 10.0. The van der Waals surface area contributed by atoms with Gasteiger partial charge in [0, 0.05) is 24.5 Å². The van der Waals surface area contributed by atoms with Gasteiger partial charge in [-0.05, 0) is 36.6 Å². The maximum atomic E-state index is 11.3. The van der Waals surface area contributed by atoms with Gasteiger partial charge in [0.25, 0.3) is 0 Å². The zero-order valence-corrected chi connectivity index (χ0v) is 11.6. The van der Waals surface area contributed by atoms with Gasteiger partial charge in [-0.3, -0.25) is 4.79 Å². The number of aryl methyl sites for hydroxylation is 1. The van der Waals surface area contributed by atoms with Crippen LogP contribution in [0, 0.1) is 0 Å². The molecule has 0 radical (unpaired) electrons. The summed E-state index contributed by atoms with van der Waals surface area (Å²) in [6, 6.07) is 5.16. The van der Waals surface area contributed by atoms with Crippen LogP contribution in [0.4, 0.5) is 4.79 Å². The van der Waals surface area contributed by atoms with E-state index >= 15 is 0 Å². The minimum atomic E-state index is -0.359. The van der Waals surface area contributed by atoms with Crippen molar-refractivity contribution >= 4 is 23.5 Å². The third kappa shape index (κ3) is 5.61. The molecule has 1 rings (SSSR count). The third-order valence-electron chi connectivity index (χ3n) is 2.59. The number of carbonyl (C=O) groups is 2. The molecule has 0 spiro atoms. The van der Waals surface area contributed by atoms with E-state index in [-0.39, 0.29) is 18.4 Å². The highest BCUT2D eigenvalue weighted by molar-refractivity contribution is 6.30. The quantitative estimate of drug-likeness (QED) is 0.740. The largest absolute Gasteiger partial charge is 0.370 e. The van der Waals surface area contributed by atoms with Gasteiger partial charge in [0.2, 0.25) is 5.91 Å². The lowest BCUT2D eigenvalue weighted by Crippen LogP contribution is -2.34. The van der Waals surface area contributed by atoms with Crippen LogP contribution in [-0.4, -0.2) is 18.5 Å². The Kier molecular flexibility index (Phi) is 6.15. The van der Waals surface area contributed by atoms with Crippen LogP contribution in [-0.2, 0) is 17.8 Å². The van der Waals surface area contributed by atoms with Crippen LogP contribution in [0.2, 0.25) is 5.02 Å². The van der Waals surface area contributed by atoms with Gasteiger partial charge in [0.15, 0.2) is 0 Å². The molecular formula is C13H18ClN3O2. The average molecular weight is 284 g/mol. The standard InChI is InChI=1S/C13H18ClN3O2/c1-2-16-13(19)17-8-10-3-5-11(14)7-9(10)4-6-12(15)18/h3,5,7H,2,4,6,8H2,1H3,(H2,15,18)(H2,16,17,19). The van der Waals surface area contributed by atoms with Crippen LogP contribution >= 0.6 is 11.6 Å². The fourth-order valence-electron chi connectivity index (χ4n) is 1.66. The Labute approximate surface area is 117 Å². The Balaban J connectivity index is 2.70. The van der Waals surface area contributed by atoms with E-state index in [1.54, 1.807) is 12.1 Å². The second-order valence-electron chi connectivity index (χ2n) is 4.09. The molecule has 1 aromatic carbocycles. The third-order valence-corrected chi connectivity index (χ3v) is 2.82. The Bertz CT molecular complexity index is 463. The van der Waals surface area contributed by atoms with Crippen LogP contribution in [0.25, 0.3) is 0 Å². The van der Waals surface area contributed by atoms with E-state index < -0.39 is 0 Å². The number of urea groups is 1. The molecular weight excluding hydrogens is 266 g/mol. The number of amides is 3. The maximum absolute atomic E-state index is 11.3. The highest BCUT2D eigenvalue weighted by Crippen LogP contribution is 2.17. The van der Waals surface area contributed by atoms with Crippen molar-refractivity contribution < 1.29 is 9.59 Å². The van der Waals surface area contributed by atoms with E-state index in [4.69, 9.17) is 17.3 Å². The molecule has 1 aromatic rings. The summed E-state index contributed by atoms with van der Waals surface area (Å²) in [6.07, 6.45) is 0.775. The summed E-state index contributed by atoms with van der Waals surface area (Å²) in [4.78, 5) is 22.2. The van der Waals surface area contributed by atoms with Gasteiger partial charge in [-0.2, -0.15) is 0 Å². The van der Waals surface area contributed by atoms with Crippen molar-refractivity contribution in [3.8, 4) is 0 Å². The number of hydrogen-bond donors (Lipinski definition) is 3. The summed E-state index contributed by atoms with van der Waals surface area (Å²) in [5.74, 6) is -0.359. The zero-order valence-electron chi connectivity index (χ0n) is 10.8. The number of rotatable bonds is 6. The smallest absolute Gasteiger partial charge is 0.315 e. The lowest BCUT2D eigenvalue weighted by Gasteiger charge is -2.11. The molecule has 0 unspecified atom stereocenters. The predicted octanol–water partition coefficient (Wildman–Crippen LogP) is 1.58. The van der Waals surface area contributed by atoms with E-state index in [2.05, 4.69) is 10.6 Å². The van der Waals surface area contributed by atoms with E-state index in [1.165, 1.54) is 0 Å². The Morgan fingerprint density at radius 2 is 2.00 bits per heavy atom. The maximum Gasteiger partial charge on any atom is 0.315 e. The fourth-order valence-corrected chi connectivity index (χ4v) is 1.85. The second kappa shape index (κ2) is 7.63. The molecule has 3 amide bonds. The van der Waals surface area contributed by atoms with Gasteiger partial charge in [-0.25, -0.2) is 4.79 Å². The summed E-state index contributed by atoms with van der Waals surface area (Å²) in [6.45, 7) is 2.80. The molecule has 104 valence electrons. The zero-order chi connectivity index (χ0) is 14.3. The van der Waals surface area contributed by atoms with E-state index in [9.17, 15) is 9.59 Å².